The van der Waals surface area contributed by atoms with Crippen molar-refractivity contribution in [1.29, 1.82) is 0 Å². The van der Waals surface area contributed by atoms with Gasteiger partial charge in [-0.2, -0.15) is 0 Å². The number of aromatic nitrogens is 1. The lowest BCUT2D eigenvalue weighted by Crippen LogP contribution is -2.41. The molecular weight excluding hydrogens is 276 g/mol. The van der Waals surface area contributed by atoms with Crippen molar-refractivity contribution >= 4 is 15.9 Å². The molecule has 1 fully saturated rings. The van der Waals surface area contributed by atoms with Gasteiger partial charge >= 0.3 is 0 Å². The minimum absolute atomic E-state index is 0.526. The molecule has 0 saturated heterocycles. The second-order valence-electron chi connectivity index (χ2n) is 5.43. The predicted octanol–water partition coefficient (Wildman–Crippen LogP) is 3.39. The quantitative estimate of drug-likeness (QED) is 0.775. The average Bonchev–Trinajstić information content (AvgIpc) is 2.23. The van der Waals surface area contributed by atoms with Gasteiger partial charge in [0.25, 0.3) is 0 Å². The van der Waals surface area contributed by atoms with Crippen molar-refractivity contribution in [2.24, 2.45) is 5.41 Å². The summed E-state index contributed by atoms with van der Waals surface area (Å²) in [5.74, 6) is 0. The van der Waals surface area contributed by atoms with Crippen LogP contribution < -0.4 is 0 Å². The Morgan fingerprint density at radius 3 is 2.71 bits per heavy atom. The van der Waals surface area contributed by atoms with Crippen LogP contribution in [0.4, 0.5) is 0 Å². The van der Waals surface area contributed by atoms with Gasteiger partial charge in [-0.25, -0.2) is 0 Å². The zero-order valence-corrected chi connectivity index (χ0v) is 12.3. The van der Waals surface area contributed by atoms with E-state index in [9.17, 15) is 0 Å². The van der Waals surface area contributed by atoms with Crippen LogP contribution in [-0.2, 0) is 6.54 Å². The molecule has 2 rings (SSSR count). The summed E-state index contributed by atoms with van der Waals surface area (Å²) >= 11 is 3.67. The molecule has 17 heavy (non-hydrogen) atoms. The van der Waals surface area contributed by atoms with Crippen LogP contribution in [0.3, 0.4) is 0 Å². The topological polar surface area (TPSA) is 16.1 Å². The minimum Gasteiger partial charge on any atom is -0.300 e. The molecule has 1 aliphatic carbocycles. The lowest BCUT2D eigenvalue weighted by Gasteiger charge is -2.43. The first-order valence-electron chi connectivity index (χ1n) is 6.31. The van der Waals surface area contributed by atoms with E-state index in [1.165, 1.54) is 31.5 Å². The first kappa shape index (κ1) is 13.0. The Labute approximate surface area is 113 Å². The summed E-state index contributed by atoms with van der Waals surface area (Å²) in [5, 5.41) is 1.13. The van der Waals surface area contributed by atoms with Crippen molar-refractivity contribution in [2.45, 2.75) is 32.7 Å². The molecule has 1 aliphatic rings. The fourth-order valence-corrected chi connectivity index (χ4v) is 3.34. The zero-order valence-electron chi connectivity index (χ0n) is 10.7. The van der Waals surface area contributed by atoms with Crippen molar-refractivity contribution in [3.63, 3.8) is 0 Å². The number of halogens is 1. The number of rotatable bonds is 5. The first-order chi connectivity index (χ1) is 8.13. The fourth-order valence-electron chi connectivity index (χ4n) is 2.60. The van der Waals surface area contributed by atoms with E-state index in [2.05, 4.69) is 58.0 Å². The maximum absolute atomic E-state index is 4.56. The molecule has 0 bridgehead atoms. The van der Waals surface area contributed by atoms with Gasteiger partial charge in [0.15, 0.2) is 0 Å². The molecule has 0 N–H and O–H groups in total. The fraction of sp³-hybridized carbons (Fsp3) is 0.643. The molecule has 0 aliphatic heterocycles. The van der Waals surface area contributed by atoms with E-state index < -0.39 is 0 Å². The molecule has 94 valence electrons. The minimum atomic E-state index is 0.526. The molecule has 0 aromatic carbocycles. The average molecular weight is 297 g/mol. The summed E-state index contributed by atoms with van der Waals surface area (Å²) in [7, 11) is 2.20. The molecular formula is C14H21BrN2. The molecule has 1 saturated carbocycles. The van der Waals surface area contributed by atoms with Crippen molar-refractivity contribution in [3.05, 3.63) is 29.6 Å². The highest BCUT2D eigenvalue weighted by molar-refractivity contribution is 9.09. The second kappa shape index (κ2) is 5.49. The third-order valence-electron chi connectivity index (χ3n) is 3.68. The number of alkyl halides is 1. The van der Waals surface area contributed by atoms with Crippen molar-refractivity contribution in [2.75, 3.05) is 18.9 Å². The van der Waals surface area contributed by atoms with Crippen molar-refractivity contribution in [3.8, 4) is 0 Å². The van der Waals surface area contributed by atoms with Gasteiger partial charge in [0, 0.05) is 24.1 Å². The Bertz CT molecular complexity index is 369. The van der Waals surface area contributed by atoms with Gasteiger partial charge in [-0.3, -0.25) is 9.88 Å². The normalized spacial score (nSPS) is 18.1. The van der Waals surface area contributed by atoms with E-state index >= 15 is 0 Å². The Morgan fingerprint density at radius 2 is 2.18 bits per heavy atom. The van der Waals surface area contributed by atoms with Crippen LogP contribution in [0.2, 0.25) is 0 Å². The van der Waals surface area contributed by atoms with Crippen LogP contribution in [0.1, 0.15) is 30.7 Å². The summed E-state index contributed by atoms with van der Waals surface area (Å²) < 4.78 is 0. The van der Waals surface area contributed by atoms with E-state index in [4.69, 9.17) is 0 Å². The highest BCUT2D eigenvalue weighted by Gasteiger charge is 2.36. The third kappa shape index (κ3) is 3.29. The Kier molecular flexibility index (Phi) is 4.21. The van der Waals surface area contributed by atoms with Crippen LogP contribution in [0.5, 0.6) is 0 Å². The van der Waals surface area contributed by atoms with Crippen LogP contribution in [0.25, 0.3) is 0 Å². The second-order valence-corrected chi connectivity index (χ2v) is 5.99. The highest BCUT2D eigenvalue weighted by atomic mass is 79.9. The maximum atomic E-state index is 4.56. The number of pyridine rings is 1. The van der Waals surface area contributed by atoms with Gasteiger partial charge in [0.1, 0.15) is 0 Å². The molecule has 3 heteroatoms. The van der Waals surface area contributed by atoms with Gasteiger partial charge < -0.3 is 0 Å². The molecule has 0 amide bonds. The van der Waals surface area contributed by atoms with Gasteiger partial charge in [-0.1, -0.05) is 28.4 Å². The molecule has 0 radical (unpaired) electrons. The summed E-state index contributed by atoms with van der Waals surface area (Å²) in [6.07, 6.45) is 4.12. The van der Waals surface area contributed by atoms with Gasteiger partial charge in [-0.05, 0) is 44.4 Å². The van der Waals surface area contributed by atoms with Gasteiger partial charge in [-0.15, -0.1) is 0 Å². The van der Waals surface area contributed by atoms with E-state index in [-0.39, 0.29) is 0 Å². The van der Waals surface area contributed by atoms with Crippen LogP contribution in [0, 0.1) is 12.3 Å². The molecule has 0 atom stereocenters. The monoisotopic (exact) mass is 296 g/mol. The van der Waals surface area contributed by atoms with E-state index in [1.54, 1.807) is 0 Å². The van der Waals surface area contributed by atoms with E-state index in [0.29, 0.717) is 5.41 Å². The molecule has 1 aromatic heterocycles. The van der Waals surface area contributed by atoms with E-state index in [0.717, 1.165) is 17.6 Å². The first-order valence-corrected chi connectivity index (χ1v) is 7.43. The summed E-state index contributed by atoms with van der Waals surface area (Å²) in [6, 6.07) is 6.26. The third-order valence-corrected chi connectivity index (χ3v) is 4.87. The van der Waals surface area contributed by atoms with E-state index in [1.807, 2.05) is 0 Å². The van der Waals surface area contributed by atoms with Crippen LogP contribution >= 0.6 is 15.9 Å². The summed E-state index contributed by atoms with van der Waals surface area (Å²) in [5.41, 5.74) is 2.81. The largest absolute Gasteiger partial charge is 0.300 e. The molecule has 1 aromatic rings. The Hall–Kier alpha value is -0.410. The molecule has 2 nitrogen and oxygen atoms in total. The number of hydrogen-bond donors (Lipinski definition) is 0. The number of hydrogen-bond acceptors (Lipinski definition) is 2. The highest BCUT2D eigenvalue weighted by Crippen LogP contribution is 2.42. The smallest absolute Gasteiger partial charge is 0.0547 e. The molecule has 1 heterocycles. The summed E-state index contributed by atoms with van der Waals surface area (Å²) in [6.45, 7) is 4.18. The Morgan fingerprint density at radius 1 is 1.41 bits per heavy atom. The van der Waals surface area contributed by atoms with Gasteiger partial charge in [0.05, 0.1) is 5.69 Å². The standard InChI is InChI=1S/C14H21BrN2/c1-12-5-3-6-13(16-12)9-17(2)11-14(10-15)7-4-8-14/h3,5-6H,4,7-11H2,1-2H3. The van der Waals surface area contributed by atoms with Gasteiger partial charge in [0.2, 0.25) is 0 Å². The summed E-state index contributed by atoms with van der Waals surface area (Å²) in [4.78, 5) is 6.96. The number of nitrogens with zero attached hydrogens (tertiary/aromatic N) is 2. The lowest BCUT2D eigenvalue weighted by atomic mass is 9.70. The molecule has 0 unspecified atom stereocenters. The maximum Gasteiger partial charge on any atom is 0.0547 e. The van der Waals surface area contributed by atoms with Crippen molar-refractivity contribution in [1.82, 2.24) is 9.88 Å². The number of aryl methyl sites for hydroxylation is 1. The molecule has 0 spiro atoms. The SMILES string of the molecule is Cc1cccc(CN(C)CC2(CBr)CCC2)n1. The van der Waals surface area contributed by atoms with Crippen LogP contribution in [-0.4, -0.2) is 28.8 Å². The van der Waals surface area contributed by atoms with Crippen molar-refractivity contribution < 1.29 is 0 Å². The zero-order chi connectivity index (χ0) is 12.3. The predicted molar refractivity (Wildman–Crippen MR) is 75.4 cm³/mol. The van der Waals surface area contributed by atoms with Crippen LogP contribution in [0.15, 0.2) is 18.2 Å². The Balaban J connectivity index is 1.90. The lowest BCUT2D eigenvalue weighted by molar-refractivity contribution is 0.102.